The average Bonchev–Trinajstić information content (AvgIpc) is 2.94. The topological polar surface area (TPSA) is 53.6 Å². The van der Waals surface area contributed by atoms with Gasteiger partial charge in [0.2, 0.25) is 5.95 Å². The van der Waals surface area contributed by atoms with Crippen LogP contribution in [0.15, 0.2) is 29.9 Å². The van der Waals surface area contributed by atoms with E-state index in [1.807, 2.05) is 0 Å². The Morgan fingerprint density at radius 3 is 3.18 bits per heavy atom. The van der Waals surface area contributed by atoms with E-state index in [-0.39, 0.29) is 5.82 Å². The van der Waals surface area contributed by atoms with Gasteiger partial charge >= 0.3 is 0 Å². The zero-order valence-corrected chi connectivity index (χ0v) is 9.59. The summed E-state index contributed by atoms with van der Waals surface area (Å²) in [4.78, 5) is 12.4. The third kappa shape index (κ3) is 2.12. The van der Waals surface area contributed by atoms with Crippen LogP contribution in [0.2, 0.25) is 0 Å². The molecule has 1 aromatic carbocycles. The fourth-order valence-electron chi connectivity index (χ4n) is 1.57. The lowest BCUT2D eigenvalue weighted by Crippen LogP contribution is -1.98. The number of rotatable bonds is 3. The number of nitrogens with zero attached hydrogens (tertiary/aromatic N) is 2. The first-order chi connectivity index (χ1) is 8.31. The largest absolute Gasteiger partial charge is 0.351 e. The minimum absolute atomic E-state index is 0.268. The Kier molecular flexibility index (Phi) is 2.49. The van der Waals surface area contributed by atoms with Crippen molar-refractivity contribution in [2.75, 3.05) is 5.32 Å². The molecule has 86 valence electrons. The Bertz CT molecular complexity index is 632. The highest BCUT2D eigenvalue weighted by Crippen LogP contribution is 2.16. The SMILES string of the molecule is Fc1ccc2nc(NCc3cncs3)[nH]c2c1. The molecular formula is C11H9FN4S. The molecule has 3 rings (SSSR count). The second-order valence-corrected chi connectivity index (χ2v) is 4.54. The van der Waals surface area contributed by atoms with Crippen molar-refractivity contribution in [3.05, 3.63) is 40.6 Å². The first-order valence-electron chi connectivity index (χ1n) is 5.08. The van der Waals surface area contributed by atoms with E-state index in [0.717, 1.165) is 10.4 Å². The van der Waals surface area contributed by atoms with Crippen molar-refractivity contribution < 1.29 is 4.39 Å². The van der Waals surface area contributed by atoms with Crippen LogP contribution in [0.25, 0.3) is 11.0 Å². The van der Waals surface area contributed by atoms with Crippen LogP contribution in [0.4, 0.5) is 10.3 Å². The van der Waals surface area contributed by atoms with Crippen molar-refractivity contribution >= 4 is 28.3 Å². The quantitative estimate of drug-likeness (QED) is 0.749. The van der Waals surface area contributed by atoms with E-state index < -0.39 is 0 Å². The van der Waals surface area contributed by atoms with Gasteiger partial charge in [0.05, 0.1) is 23.1 Å². The molecule has 2 aromatic heterocycles. The van der Waals surface area contributed by atoms with E-state index in [0.29, 0.717) is 18.0 Å². The first-order valence-corrected chi connectivity index (χ1v) is 5.96. The lowest BCUT2D eigenvalue weighted by atomic mass is 10.3. The van der Waals surface area contributed by atoms with E-state index in [1.54, 1.807) is 29.1 Å². The maximum absolute atomic E-state index is 13.0. The average molecular weight is 248 g/mol. The number of halogens is 1. The zero-order valence-electron chi connectivity index (χ0n) is 8.77. The molecule has 17 heavy (non-hydrogen) atoms. The van der Waals surface area contributed by atoms with Gasteiger partial charge in [-0.25, -0.2) is 9.37 Å². The minimum Gasteiger partial charge on any atom is -0.351 e. The number of fused-ring (bicyclic) bond motifs is 1. The molecule has 2 heterocycles. The number of imidazole rings is 1. The molecule has 3 aromatic rings. The van der Waals surface area contributed by atoms with Crippen LogP contribution in [0.3, 0.4) is 0 Å². The lowest BCUT2D eigenvalue weighted by molar-refractivity contribution is 0.629. The van der Waals surface area contributed by atoms with E-state index in [2.05, 4.69) is 20.3 Å². The van der Waals surface area contributed by atoms with Crippen LogP contribution < -0.4 is 5.32 Å². The molecule has 0 unspecified atom stereocenters. The van der Waals surface area contributed by atoms with Gasteiger partial charge in [-0.15, -0.1) is 11.3 Å². The molecule has 0 saturated carbocycles. The Hall–Kier alpha value is -1.95. The van der Waals surface area contributed by atoms with Crippen LogP contribution in [0, 0.1) is 5.82 Å². The molecule has 4 nitrogen and oxygen atoms in total. The van der Waals surface area contributed by atoms with Crippen LogP contribution in [0.1, 0.15) is 4.88 Å². The number of aromatic nitrogens is 3. The fourth-order valence-corrected chi connectivity index (χ4v) is 2.10. The van der Waals surface area contributed by atoms with Gasteiger partial charge in [0.15, 0.2) is 0 Å². The first kappa shape index (κ1) is 10.2. The number of hydrogen-bond acceptors (Lipinski definition) is 4. The van der Waals surface area contributed by atoms with Crippen LogP contribution >= 0.6 is 11.3 Å². The molecule has 0 saturated heterocycles. The highest BCUT2D eigenvalue weighted by molar-refractivity contribution is 7.09. The summed E-state index contributed by atoms with van der Waals surface area (Å²) in [5.41, 5.74) is 3.22. The number of benzene rings is 1. The number of anilines is 1. The maximum atomic E-state index is 13.0. The molecule has 0 radical (unpaired) electrons. The predicted molar refractivity (Wildman–Crippen MR) is 65.5 cm³/mol. The molecule has 2 N–H and O–H groups in total. The lowest BCUT2D eigenvalue weighted by Gasteiger charge is -1.97. The second kappa shape index (κ2) is 4.14. The van der Waals surface area contributed by atoms with Crippen molar-refractivity contribution in [2.45, 2.75) is 6.54 Å². The third-order valence-electron chi connectivity index (χ3n) is 2.36. The van der Waals surface area contributed by atoms with Crippen LogP contribution in [-0.4, -0.2) is 15.0 Å². The van der Waals surface area contributed by atoms with E-state index >= 15 is 0 Å². The summed E-state index contributed by atoms with van der Waals surface area (Å²) in [6, 6.07) is 4.48. The molecule has 6 heteroatoms. The summed E-state index contributed by atoms with van der Waals surface area (Å²) >= 11 is 1.58. The normalized spacial score (nSPS) is 10.9. The highest BCUT2D eigenvalue weighted by Gasteiger charge is 2.03. The van der Waals surface area contributed by atoms with Gasteiger partial charge in [-0.1, -0.05) is 0 Å². The van der Waals surface area contributed by atoms with Gasteiger partial charge in [0.1, 0.15) is 5.82 Å². The van der Waals surface area contributed by atoms with Crippen molar-refractivity contribution in [3.63, 3.8) is 0 Å². The zero-order chi connectivity index (χ0) is 11.7. The monoisotopic (exact) mass is 248 g/mol. The second-order valence-electron chi connectivity index (χ2n) is 3.57. The van der Waals surface area contributed by atoms with E-state index in [4.69, 9.17) is 0 Å². The van der Waals surface area contributed by atoms with Gasteiger partial charge in [-0.3, -0.25) is 4.98 Å². The standard InChI is InChI=1S/C11H9FN4S/c12-7-1-2-9-10(3-7)16-11(15-9)14-5-8-4-13-6-17-8/h1-4,6H,5H2,(H2,14,15,16). The number of aromatic amines is 1. The van der Waals surface area contributed by atoms with Gasteiger partial charge in [0.25, 0.3) is 0 Å². The summed E-state index contributed by atoms with van der Waals surface area (Å²) in [6.45, 7) is 0.660. The Morgan fingerprint density at radius 2 is 2.35 bits per heavy atom. The third-order valence-corrected chi connectivity index (χ3v) is 3.14. The summed E-state index contributed by atoms with van der Waals surface area (Å²) in [6.07, 6.45) is 1.81. The maximum Gasteiger partial charge on any atom is 0.201 e. The fraction of sp³-hybridized carbons (Fsp3) is 0.0909. The molecule has 0 amide bonds. The Morgan fingerprint density at radius 1 is 1.41 bits per heavy atom. The smallest absolute Gasteiger partial charge is 0.201 e. The number of H-pyrrole nitrogens is 1. The van der Waals surface area contributed by atoms with Crippen molar-refractivity contribution in [1.82, 2.24) is 15.0 Å². The molecule has 0 aliphatic heterocycles. The molecule has 0 aliphatic rings. The van der Waals surface area contributed by atoms with Gasteiger partial charge in [-0.2, -0.15) is 0 Å². The molecule has 0 bridgehead atoms. The highest BCUT2D eigenvalue weighted by atomic mass is 32.1. The van der Waals surface area contributed by atoms with Gasteiger partial charge in [0, 0.05) is 11.1 Å². The predicted octanol–water partition coefficient (Wildman–Crippen LogP) is 2.77. The number of hydrogen-bond donors (Lipinski definition) is 2. The van der Waals surface area contributed by atoms with Gasteiger partial charge < -0.3 is 10.3 Å². The summed E-state index contributed by atoms with van der Waals surface area (Å²) in [7, 11) is 0. The molecule has 0 aliphatic carbocycles. The molecular weight excluding hydrogens is 239 g/mol. The summed E-state index contributed by atoms with van der Waals surface area (Å²) in [5, 5.41) is 3.14. The molecule has 0 spiro atoms. The van der Waals surface area contributed by atoms with Crippen LogP contribution in [-0.2, 0) is 6.54 Å². The summed E-state index contributed by atoms with van der Waals surface area (Å²) < 4.78 is 13.0. The van der Waals surface area contributed by atoms with E-state index in [1.165, 1.54) is 12.1 Å². The van der Waals surface area contributed by atoms with Gasteiger partial charge in [-0.05, 0) is 18.2 Å². The van der Waals surface area contributed by atoms with Crippen molar-refractivity contribution in [3.8, 4) is 0 Å². The molecule has 0 fully saturated rings. The molecule has 0 atom stereocenters. The summed E-state index contributed by atoms with van der Waals surface area (Å²) in [5.74, 6) is 0.370. The number of thiazole rings is 1. The van der Waals surface area contributed by atoms with Crippen molar-refractivity contribution in [1.29, 1.82) is 0 Å². The van der Waals surface area contributed by atoms with Crippen molar-refractivity contribution in [2.24, 2.45) is 0 Å². The number of nitrogens with one attached hydrogen (secondary N) is 2. The van der Waals surface area contributed by atoms with Crippen LogP contribution in [0.5, 0.6) is 0 Å². The Balaban J connectivity index is 1.81. The minimum atomic E-state index is -0.268. The Labute approximate surface area is 101 Å². The van der Waals surface area contributed by atoms with E-state index in [9.17, 15) is 4.39 Å².